The molecule has 0 aromatic rings. The number of carbonyl (C=O) groups excluding carboxylic acids is 2. The van der Waals surface area contributed by atoms with Crippen molar-refractivity contribution in [1.29, 1.82) is 0 Å². The summed E-state index contributed by atoms with van der Waals surface area (Å²) in [5.74, 6) is 0.329. The van der Waals surface area contributed by atoms with Gasteiger partial charge in [-0.1, -0.05) is 25.0 Å². The largest absolute Gasteiger partial charge is 0.343 e. The van der Waals surface area contributed by atoms with Gasteiger partial charge in [0.05, 0.1) is 15.8 Å². The number of piperidine rings is 1. The third kappa shape index (κ3) is 6.39. The molecule has 0 saturated carbocycles. The predicted octanol–water partition coefficient (Wildman–Crippen LogP) is 3.61. The van der Waals surface area contributed by atoms with Crippen LogP contribution in [-0.4, -0.2) is 69.5 Å². The topological polar surface area (TPSA) is 70.0 Å². The molecule has 2 saturated heterocycles. The van der Waals surface area contributed by atoms with E-state index in [4.69, 9.17) is 0 Å². The fourth-order valence-corrected chi connectivity index (χ4v) is 6.66. The monoisotopic (exact) mass is 437 g/mol. The minimum Gasteiger partial charge on any atom is -0.343 e. The highest BCUT2D eigenvalue weighted by atomic mass is 32.2. The second-order valence-corrected chi connectivity index (χ2v) is 11.9. The third-order valence-electron chi connectivity index (χ3n) is 7.02. The van der Waals surface area contributed by atoms with Crippen molar-refractivity contribution in [3.05, 3.63) is 12.2 Å². The third-order valence-corrected chi connectivity index (χ3v) is 9.27. The maximum absolute atomic E-state index is 13.3. The van der Waals surface area contributed by atoms with Crippen LogP contribution in [0.25, 0.3) is 0 Å². The first kappa shape index (κ1) is 23.5. The van der Waals surface area contributed by atoms with Crippen LogP contribution in [-0.2, 0) is 19.3 Å². The van der Waals surface area contributed by atoms with Gasteiger partial charge in [-0.2, -0.15) is 4.36 Å². The summed E-state index contributed by atoms with van der Waals surface area (Å²) in [5.41, 5.74) is 0. The van der Waals surface area contributed by atoms with Crippen molar-refractivity contribution >= 4 is 21.5 Å². The van der Waals surface area contributed by atoms with E-state index in [1.165, 1.54) is 19.3 Å². The van der Waals surface area contributed by atoms with Crippen LogP contribution in [0.2, 0.25) is 0 Å². The molecule has 2 heterocycles. The van der Waals surface area contributed by atoms with E-state index in [-0.39, 0.29) is 23.1 Å². The van der Waals surface area contributed by atoms with E-state index in [2.05, 4.69) is 21.4 Å². The number of hydrogen-bond donors (Lipinski definition) is 0. The highest BCUT2D eigenvalue weighted by Gasteiger charge is 2.30. The quantitative estimate of drug-likeness (QED) is 0.616. The van der Waals surface area contributed by atoms with Crippen LogP contribution >= 0.6 is 0 Å². The first-order valence-corrected chi connectivity index (χ1v) is 13.8. The summed E-state index contributed by atoms with van der Waals surface area (Å²) < 4.78 is 17.5. The molecular weight excluding hydrogens is 398 g/mol. The highest BCUT2D eigenvalue weighted by Crippen LogP contribution is 2.24. The lowest BCUT2D eigenvalue weighted by atomic mass is 9.92. The average molecular weight is 438 g/mol. The first-order chi connectivity index (χ1) is 14.4. The van der Waals surface area contributed by atoms with Crippen molar-refractivity contribution in [2.75, 3.05) is 32.4 Å². The molecule has 0 bridgehead atoms. The van der Waals surface area contributed by atoms with E-state index < -0.39 is 9.73 Å². The lowest BCUT2D eigenvalue weighted by Crippen LogP contribution is -2.43. The minimum absolute atomic E-state index is 0.114. The van der Waals surface area contributed by atoms with Crippen molar-refractivity contribution in [2.24, 2.45) is 10.3 Å². The Morgan fingerprint density at radius 2 is 1.70 bits per heavy atom. The van der Waals surface area contributed by atoms with Gasteiger partial charge in [0, 0.05) is 31.0 Å². The second-order valence-electron chi connectivity index (χ2n) is 9.32. The smallest absolute Gasteiger partial charge is 0.270 e. The molecule has 0 spiro atoms. The van der Waals surface area contributed by atoms with Gasteiger partial charge in [-0.15, -0.1) is 0 Å². The van der Waals surface area contributed by atoms with Crippen LogP contribution in [0.1, 0.15) is 71.1 Å². The van der Waals surface area contributed by atoms with Crippen LogP contribution < -0.4 is 0 Å². The van der Waals surface area contributed by atoms with Gasteiger partial charge < -0.3 is 4.90 Å². The van der Waals surface area contributed by atoms with Gasteiger partial charge in [-0.05, 0) is 70.9 Å². The van der Waals surface area contributed by atoms with E-state index in [0.29, 0.717) is 38.3 Å². The molecule has 3 aliphatic rings. The van der Waals surface area contributed by atoms with Gasteiger partial charge in [0.2, 0.25) is 5.91 Å². The van der Waals surface area contributed by atoms with Crippen molar-refractivity contribution in [3.63, 3.8) is 0 Å². The van der Waals surface area contributed by atoms with Gasteiger partial charge in [-0.3, -0.25) is 14.5 Å². The zero-order valence-corrected chi connectivity index (χ0v) is 19.6. The Morgan fingerprint density at radius 3 is 2.30 bits per heavy atom. The minimum atomic E-state index is -2.60. The average Bonchev–Trinajstić information content (AvgIpc) is 3.03. The predicted molar refractivity (Wildman–Crippen MR) is 122 cm³/mol. The number of hydrogen-bond acceptors (Lipinski definition) is 4. The summed E-state index contributed by atoms with van der Waals surface area (Å²) in [4.78, 5) is 29.5. The van der Waals surface area contributed by atoms with Crippen LogP contribution in [0.4, 0.5) is 0 Å². The Bertz CT molecular complexity index is 741. The molecule has 3 atom stereocenters. The van der Waals surface area contributed by atoms with Crippen LogP contribution in [0.3, 0.4) is 0 Å². The number of rotatable bonds is 5. The van der Waals surface area contributed by atoms with Gasteiger partial charge in [0.15, 0.2) is 0 Å². The Hall–Kier alpha value is -1.21. The van der Waals surface area contributed by atoms with Crippen molar-refractivity contribution in [2.45, 2.75) is 82.4 Å². The van der Waals surface area contributed by atoms with Crippen molar-refractivity contribution in [1.82, 2.24) is 9.80 Å². The van der Waals surface area contributed by atoms with Crippen LogP contribution in [0, 0.1) is 5.92 Å². The molecule has 1 aliphatic carbocycles. The molecule has 7 heteroatoms. The van der Waals surface area contributed by atoms with Gasteiger partial charge in [-0.25, -0.2) is 4.21 Å². The van der Waals surface area contributed by atoms with E-state index >= 15 is 0 Å². The molecule has 0 N–H and O–H groups in total. The summed E-state index contributed by atoms with van der Waals surface area (Å²) in [5, 5.41) is -0.114. The lowest BCUT2D eigenvalue weighted by molar-refractivity contribution is -0.132. The second kappa shape index (κ2) is 10.9. The molecule has 3 rings (SSSR count). The SMILES string of the molecule is CC(C(=O)N=S(C)(=O)C1CCN(C(=O)CC2C=CCCC2)CC1)N1CCCCCC1. The van der Waals surface area contributed by atoms with Gasteiger partial charge >= 0.3 is 0 Å². The molecular formula is C23H39N3O3S. The highest BCUT2D eigenvalue weighted by molar-refractivity contribution is 7.93. The summed E-state index contributed by atoms with van der Waals surface area (Å²) >= 11 is 0. The summed E-state index contributed by atoms with van der Waals surface area (Å²) in [6.07, 6.45) is 16.0. The van der Waals surface area contributed by atoms with Gasteiger partial charge in [0.1, 0.15) is 0 Å². The van der Waals surface area contributed by atoms with Gasteiger partial charge in [0.25, 0.3) is 5.91 Å². The Kier molecular flexibility index (Phi) is 8.52. The Labute approximate surface area is 182 Å². The number of nitrogens with zero attached hydrogens (tertiary/aromatic N) is 3. The van der Waals surface area contributed by atoms with E-state index in [9.17, 15) is 13.8 Å². The maximum atomic E-state index is 13.3. The summed E-state index contributed by atoms with van der Waals surface area (Å²) in [7, 11) is -2.60. The maximum Gasteiger partial charge on any atom is 0.270 e. The van der Waals surface area contributed by atoms with E-state index in [1.54, 1.807) is 6.26 Å². The molecule has 6 nitrogen and oxygen atoms in total. The van der Waals surface area contributed by atoms with Crippen molar-refractivity contribution < 1.29 is 13.8 Å². The van der Waals surface area contributed by atoms with Crippen molar-refractivity contribution in [3.8, 4) is 0 Å². The molecule has 2 amide bonds. The van der Waals surface area contributed by atoms with Crippen LogP contribution in [0.5, 0.6) is 0 Å². The Balaban J connectivity index is 1.53. The fourth-order valence-electron chi connectivity index (χ4n) is 4.92. The zero-order chi connectivity index (χ0) is 21.6. The number of likely N-dealkylation sites (tertiary alicyclic amines) is 2. The molecule has 0 aromatic carbocycles. The Morgan fingerprint density at radius 1 is 1.03 bits per heavy atom. The van der Waals surface area contributed by atoms with Crippen LogP contribution in [0.15, 0.2) is 16.5 Å². The molecule has 170 valence electrons. The molecule has 0 radical (unpaired) electrons. The van der Waals surface area contributed by atoms with E-state index in [0.717, 1.165) is 38.8 Å². The normalized spacial score (nSPS) is 27.1. The zero-order valence-electron chi connectivity index (χ0n) is 18.8. The fraction of sp³-hybridized carbons (Fsp3) is 0.826. The number of allylic oxidation sites excluding steroid dienone is 2. The summed E-state index contributed by atoms with van der Waals surface area (Å²) in [6.45, 7) is 4.98. The van der Waals surface area contributed by atoms with E-state index in [1.807, 2.05) is 11.8 Å². The molecule has 2 aliphatic heterocycles. The number of carbonyl (C=O) groups is 2. The lowest BCUT2D eigenvalue weighted by Gasteiger charge is -2.33. The standard InChI is InChI=1S/C23H39N3O3S/c1-19(25-14-8-3-4-9-15-25)23(28)24-30(2,29)21-12-16-26(17-13-21)22(27)18-20-10-6-5-7-11-20/h6,10,19-21H,3-5,7-9,11-18H2,1-2H3. The molecule has 0 aromatic heterocycles. The summed E-state index contributed by atoms with van der Waals surface area (Å²) in [6, 6.07) is -0.297. The molecule has 30 heavy (non-hydrogen) atoms. The molecule has 2 fully saturated rings. The number of amides is 2. The molecule has 3 unspecified atom stereocenters. The first-order valence-electron chi connectivity index (χ1n) is 11.8.